The Morgan fingerprint density at radius 3 is 1.90 bits per heavy atom. The van der Waals surface area contributed by atoms with Gasteiger partial charge >= 0.3 is 35.5 Å². The third-order valence-corrected chi connectivity index (χ3v) is 3.54. The number of carboxylic acid groups (broad SMARTS) is 1. The van der Waals surface area contributed by atoms with Crippen LogP contribution >= 0.6 is 0 Å². The molecule has 0 fully saturated rings. The molecule has 2 N–H and O–H groups in total. The molecule has 0 bridgehead atoms. The summed E-state index contributed by atoms with van der Waals surface area (Å²) in [5.74, 6) is -0.804. The summed E-state index contributed by atoms with van der Waals surface area (Å²) in [6.45, 7) is 3.95. The number of hydrogen-bond acceptors (Lipinski definition) is 3. The fourth-order valence-electron chi connectivity index (χ4n) is 2.08. The van der Waals surface area contributed by atoms with Gasteiger partial charge in [0.05, 0.1) is 6.54 Å². The fraction of sp³-hybridized carbons (Fsp3) is 0.875. The summed E-state index contributed by atoms with van der Waals surface area (Å²) < 4.78 is 0. The van der Waals surface area contributed by atoms with E-state index in [1.54, 1.807) is 6.92 Å². The second kappa shape index (κ2) is 16.5. The van der Waals surface area contributed by atoms with Gasteiger partial charge in [-0.15, -0.1) is 0 Å². The first kappa shape index (κ1) is 23.4. The van der Waals surface area contributed by atoms with Gasteiger partial charge < -0.3 is 5.11 Å². The molecule has 0 aliphatic carbocycles. The summed E-state index contributed by atoms with van der Waals surface area (Å²) in [6, 6.07) is -0.651. The van der Waals surface area contributed by atoms with Crippen molar-refractivity contribution in [3.8, 4) is 0 Å². The number of nitrogens with one attached hydrogen (secondary N) is 1. The number of unbranched alkanes of at least 4 members (excludes halogenated alkanes) is 8. The van der Waals surface area contributed by atoms with E-state index in [0.29, 0.717) is 6.42 Å². The number of carbonyl (C=O) groups excluding carboxylic acids is 1. The van der Waals surface area contributed by atoms with Crippen LogP contribution in [-0.4, -0.2) is 59.0 Å². The Morgan fingerprint density at radius 1 is 0.952 bits per heavy atom. The van der Waals surface area contributed by atoms with Crippen LogP contribution in [0, 0.1) is 0 Å². The number of aliphatic carboxylic acids is 1. The summed E-state index contributed by atoms with van der Waals surface area (Å²) in [7, 11) is 0. The summed E-state index contributed by atoms with van der Waals surface area (Å²) in [4.78, 5) is 22.1. The number of carbonyl (C=O) groups is 2. The normalized spacial score (nSPS) is 11.7. The molecule has 1 atom stereocenters. The van der Waals surface area contributed by atoms with Gasteiger partial charge in [0.15, 0.2) is 0 Å². The van der Waals surface area contributed by atoms with Crippen LogP contribution in [0.25, 0.3) is 0 Å². The van der Waals surface area contributed by atoms with Gasteiger partial charge in [-0.3, -0.25) is 14.9 Å². The van der Waals surface area contributed by atoms with Crippen molar-refractivity contribution in [3.63, 3.8) is 0 Å². The Labute approximate surface area is 151 Å². The van der Waals surface area contributed by atoms with Crippen molar-refractivity contribution in [2.75, 3.05) is 6.54 Å². The van der Waals surface area contributed by atoms with Crippen molar-refractivity contribution in [1.29, 1.82) is 0 Å². The number of ketones is 1. The summed E-state index contributed by atoms with van der Waals surface area (Å²) in [6.07, 6.45) is 11.7. The number of rotatable bonds is 14. The van der Waals surface area contributed by atoms with Crippen molar-refractivity contribution < 1.29 is 14.7 Å². The van der Waals surface area contributed by atoms with E-state index >= 15 is 0 Å². The van der Waals surface area contributed by atoms with Gasteiger partial charge in [-0.05, 0) is 13.3 Å². The van der Waals surface area contributed by atoms with Gasteiger partial charge in [-0.2, -0.15) is 0 Å². The first-order valence-corrected chi connectivity index (χ1v) is 8.05. The Hall–Kier alpha value is 0.100. The number of carboxylic acids is 1. The molecule has 0 aromatic heterocycles. The zero-order chi connectivity index (χ0) is 15.2. The quantitative estimate of drug-likeness (QED) is 0.382. The average molecular weight is 309 g/mol. The van der Waals surface area contributed by atoms with E-state index in [1.165, 1.54) is 44.9 Å². The molecular weight excluding hydrogens is 277 g/mol. The van der Waals surface area contributed by atoms with Crippen molar-refractivity contribution in [2.24, 2.45) is 0 Å². The molecule has 21 heavy (non-hydrogen) atoms. The predicted octanol–water partition coefficient (Wildman–Crippen LogP) is 2.89. The minimum absolute atomic E-state index is 0. The fourth-order valence-corrected chi connectivity index (χ4v) is 2.08. The van der Waals surface area contributed by atoms with Crippen LogP contribution in [-0.2, 0) is 9.59 Å². The molecule has 0 rings (SSSR count). The Morgan fingerprint density at radius 2 is 1.43 bits per heavy atom. The molecule has 0 aromatic carbocycles. The maximum absolute atomic E-state index is 11.5. The van der Waals surface area contributed by atoms with Crippen LogP contribution in [0.1, 0.15) is 78.1 Å². The molecule has 0 aliphatic heterocycles. The zero-order valence-electron chi connectivity index (χ0n) is 13.1. The van der Waals surface area contributed by atoms with E-state index in [4.69, 9.17) is 5.11 Å². The SMILES string of the molecule is CCCCCCCCCCCC(=O)CNC(C)C(=O)O.[NaH]. The molecule has 0 aromatic rings. The second-order valence-corrected chi connectivity index (χ2v) is 5.56. The van der Waals surface area contributed by atoms with Gasteiger partial charge in [0.25, 0.3) is 0 Å². The summed E-state index contributed by atoms with van der Waals surface area (Å²) >= 11 is 0. The molecule has 5 heteroatoms. The van der Waals surface area contributed by atoms with E-state index in [9.17, 15) is 9.59 Å². The van der Waals surface area contributed by atoms with Crippen LogP contribution in [0.3, 0.4) is 0 Å². The maximum atomic E-state index is 11.5. The van der Waals surface area contributed by atoms with Gasteiger partial charge in [0, 0.05) is 6.42 Å². The second-order valence-electron chi connectivity index (χ2n) is 5.56. The average Bonchev–Trinajstić information content (AvgIpc) is 2.42. The van der Waals surface area contributed by atoms with Crippen LogP contribution in [0.15, 0.2) is 0 Å². The standard InChI is InChI=1S/C16H31NO3.Na.H/c1-3-4-5-6-7-8-9-10-11-12-15(18)13-17-14(2)16(19)20;;/h14,17H,3-13H2,1-2H3,(H,19,20);;. The topological polar surface area (TPSA) is 66.4 Å². The minimum atomic E-state index is -0.916. The molecule has 0 radical (unpaired) electrons. The first-order valence-electron chi connectivity index (χ1n) is 8.05. The van der Waals surface area contributed by atoms with E-state index < -0.39 is 12.0 Å². The molecule has 120 valence electrons. The molecule has 4 nitrogen and oxygen atoms in total. The third kappa shape index (κ3) is 16.3. The molecular formula is C16H32NNaO3. The van der Waals surface area contributed by atoms with Crippen molar-refractivity contribution in [1.82, 2.24) is 5.32 Å². The van der Waals surface area contributed by atoms with E-state index in [2.05, 4.69) is 12.2 Å². The van der Waals surface area contributed by atoms with Crippen molar-refractivity contribution in [3.05, 3.63) is 0 Å². The summed E-state index contributed by atoms with van der Waals surface area (Å²) in [5, 5.41) is 11.4. The van der Waals surface area contributed by atoms with E-state index in [0.717, 1.165) is 12.8 Å². The zero-order valence-corrected chi connectivity index (χ0v) is 13.1. The molecule has 1 unspecified atom stereocenters. The molecule has 0 heterocycles. The Kier molecular flexibility index (Phi) is 18.3. The van der Waals surface area contributed by atoms with Gasteiger partial charge in [-0.1, -0.05) is 58.3 Å². The third-order valence-electron chi connectivity index (χ3n) is 3.54. The van der Waals surface area contributed by atoms with Crippen molar-refractivity contribution >= 4 is 41.3 Å². The van der Waals surface area contributed by atoms with Crippen LogP contribution in [0.2, 0.25) is 0 Å². The Bertz CT molecular complexity index is 272. The number of hydrogen-bond donors (Lipinski definition) is 2. The van der Waals surface area contributed by atoms with Gasteiger partial charge in [0.1, 0.15) is 11.8 Å². The monoisotopic (exact) mass is 309 g/mol. The van der Waals surface area contributed by atoms with Gasteiger partial charge in [0.2, 0.25) is 0 Å². The summed E-state index contributed by atoms with van der Waals surface area (Å²) in [5.41, 5.74) is 0. The molecule has 0 amide bonds. The van der Waals surface area contributed by atoms with Crippen LogP contribution < -0.4 is 5.32 Å². The van der Waals surface area contributed by atoms with Crippen LogP contribution in [0.5, 0.6) is 0 Å². The Balaban J connectivity index is 0. The number of Topliss-reactive ketones (excluding diaryl/α,β-unsaturated/α-hetero) is 1. The molecule has 0 aliphatic rings. The molecule has 0 spiro atoms. The first-order chi connectivity index (χ1) is 9.57. The predicted molar refractivity (Wildman–Crippen MR) is 89.1 cm³/mol. The van der Waals surface area contributed by atoms with Crippen molar-refractivity contribution in [2.45, 2.75) is 84.1 Å². The van der Waals surface area contributed by atoms with E-state index in [1.807, 2.05) is 0 Å². The van der Waals surface area contributed by atoms with E-state index in [-0.39, 0.29) is 41.9 Å². The molecule has 0 saturated heterocycles. The molecule has 0 saturated carbocycles. The van der Waals surface area contributed by atoms with Crippen LogP contribution in [0.4, 0.5) is 0 Å². The van der Waals surface area contributed by atoms with Gasteiger partial charge in [-0.25, -0.2) is 0 Å².